The van der Waals surface area contributed by atoms with E-state index in [1.165, 1.54) is 24.3 Å². The van der Waals surface area contributed by atoms with Gasteiger partial charge in [0.2, 0.25) is 0 Å². The first-order valence-electron chi connectivity index (χ1n) is 9.93. The van der Waals surface area contributed by atoms with Crippen molar-refractivity contribution >= 4 is 47.4 Å². The Balaban J connectivity index is 0.00000261. The summed E-state index contributed by atoms with van der Waals surface area (Å²) in [6, 6.07) is 10.8. The minimum atomic E-state index is 0. The number of hydrogen-bond donors (Lipinski definition) is 2. The molecule has 7 heteroatoms. The summed E-state index contributed by atoms with van der Waals surface area (Å²) in [6.07, 6.45) is 3.86. The number of halogens is 1. The predicted molar refractivity (Wildman–Crippen MR) is 130 cm³/mol. The number of nitrogens with one attached hydrogen (secondary N) is 2. The summed E-state index contributed by atoms with van der Waals surface area (Å²) in [4.78, 5) is 9.41. The second-order valence-electron chi connectivity index (χ2n) is 7.03. The number of guanidine groups is 1. The lowest BCUT2D eigenvalue weighted by molar-refractivity contribution is 0.255. The lowest BCUT2D eigenvalue weighted by Gasteiger charge is -2.36. The van der Waals surface area contributed by atoms with Gasteiger partial charge in [-0.15, -0.1) is 24.0 Å². The minimum absolute atomic E-state index is 0. The van der Waals surface area contributed by atoms with Crippen molar-refractivity contribution in [3.05, 3.63) is 30.3 Å². The molecule has 1 atom stereocenters. The Morgan fingerprint density at radius 2 is 1.93 bits per heavy atom. The van der Waals surface area contributed by atoms with Gasteiger partial charge in [0.25, 0.3) is 0 Å². The fourth-order valence-electron chi connectivity index (χ4n) is 3.61. The Morgan fingerprint density at radius 3 is 2.59 bits per heavy atom. The van der Waals surface area contributed by atoms with E-state index in [0.29, 0.717) is 0 Å². The third kappa shape index (κ3) is 7.69. The number of hydrogen-bond acceptors (Lipinski definition) is 4. The van der Waals surface area contributed by atoms with Crippen molar-refractivity contribution in [2.45, 2.75) is 24.5 Å². The number of nitrogens with zero attached hydrogens (tertiary/aromatic N) is 3. The first-order valence-corrected chi connectivity index (χ1v) is 11.0. The first-order chi connectivity index (χ1) is 12.8. The molecule has 2 aliphatic heterocycles. The lowest BCUT2D eigenvalue weighted by Crippen LogP contribution is -2.47. The van der Waals surface area contributed by atoms with E-state index in [9.17, 15) is 0 Å². The Morgan fingerprint density at radius 1 is 1.15 bits per heavy atom. The monoisotopic (exact) mass is 503 g/mol. The predicted octanol–water partition coefficient (Wildman–Crippen LogP) is 2.88. The van der Waals surface area contributed by atoms with Crippen LogP contribution in [0.25, 0.3) is 0 Å². The number of benzene rings is 1. The maximum absolute atomic E-state index is 4.34. The number of rotatable bonds is 7. The highest BCUT2D eigenvalue weighted by atomic mass is 127. The molecule has 2 saturated heterocycles. The first kappa shape index (κ1) is 22.6. The molecule has 27 heavy (non-hydrogen) atoms. The number of para-hydroxylation sites is 1. The highest BCUT2D eigenvalue weighted by Crippen LogP contribution is 2.25. The van der Waals surface area contributed by atoms with E-state index in [2.05, 4.69) is 67.5 Å². The molecule has 2 N–H and O–H groups in total. The van der Waals surface area contributed by atoms with Crippen LogP contribution in [-0.2, 0) is 0 Å². The molecule has 5 nitrogen and oxygen atoms in total. The van der Waals surface area contributed by atoms with Crippen molar-refractivity contribution < 1.29 is 0 Å². The number of thioether (sulfide) groups is 1. The highest BCUT2D eigenvalue weighted by molar-refractivity contribution is 14.0. The SMILES string of the molecule is CN=C(NCCCN1CCN(c2ccccc2)CC1)NCC1CCCS1.I. The normalized spacial score (nSPS) is 21.0. The zero-order chi connectivity index (χ0) is 18.0. The molecule has 0 aromatic heterocycles. The van der Waals surface area contributed by atoms with Crippen molar-refractivity contribution in [3.63, 3.8) is 0 Å². The van der Waals surface area contributed by atoms with Crippen molar-refractivity contribution in [2.75, 3.05) is 63.5 Å². The fourth-order valence-corrected chi connectivity index (χ4v) is 4.82. The molecule has 2 heterocycles. The quantitative estimate of drug-likeness (QED) is 0.259. The van der Waals surface area contributed by atoms with Gasteiger partial charge in [-0.1, -0.05) is 18.2 Å². The zero-order valence-electron chi connectivity index (χ0n) is 16.4. The standard InChI is InChI=1S/C20H33N5S.HI/c1-21-20(23-17-19-9-5-16-26-19)22-10-6-11-24-12-14-25(15-13-24)18-7-3-2-4-8-18;/h2-4,7-8,19H,5-6,9-17H2,1H3,(H2,21,22,23);1H. The Labute approximate surface area is 185 Å². The zero-order valence-corrected chi connectivity index (χ0v) is 19.5. The molecular formula is C20H34IN5S. The summed E-state index contributed by atoms with van der Waals surface area (Å²) >= 11 is 2.08. The van der Waals surface area contributed by atoms with Crippen molar-refractivity contribution in [1.82, 2.24) is 15.5 Å². The number of aliphatic imine (C=N–C) groups is 1. The Kier molecular flexibility index (Phi) is 10.7. The van der Waals surface area contributed by atoms with Crippen LogP contribution in [0.15, 0.2) is 35.3 Å². The van der Waals surface area contributed by atoms with Crippen LogP contribution < -0.4 is 15.5 Å². The van der Waals surface area contributed by atoms with Crippen LogP contribution in [0.5, 0.6) is 0 Å². The number of piperazine rings is 1. The molecule has 0 bridgehead atoms. The average molecular weight is 503 g/mol. The van der Waals surface area contributed by atoms with Gasteiger partial charge in [0.1, 0.15) is 0 Å². The maximum Gasteiger partial charge on any atom is 0.191 e. The number of anilines is 1. The van der Waals surface area contributed by atoms with E-state index in [1.54, 1.807) is 0 Å². The summed E-state index contributed by atoms with van der Waals surface area (Å²) < 4.78 is 0. The van der Waals surface area contributed by atoms with Gasteiger partial charge in [0.15, 0.2) is 5.96 Å². The summed E-state index contributed by atoms with van der Waals surface area (Å²) in [5, 5.41) is 7.69. The van der Waals surface area contributed by atoms with Gasteiger partial charge in [-0.05, 0) is 43.7 Å². The van der Waals surface area contributed by atoms with E-state index in [4.69, 9.17) is 0 Å². The average Bonchev–Trinajstić information content (AvgIpc) is 3.22. The molecule has 3 rings (SSSR count). The Hall–Kier alpha value is -0.670. The van der Waals surface area contributed by atoms with Crippen molar-refractivity contribution in [1.29, 1.82) is 0 Å². The molecule has 2 aliphatic rings. The van der Waals surface area contributed by atoms with E-state index < -0.39 is 0 Å². The second kappa shape index (κ2) is 12.7. The second-order valence-corrected chi connectivity index (χ2v) is 8.44. The smallest absolute Gasteiger partial charge is 0.191 e. The third-order valence-corrected chi connectivity index (χ3v) is 6.58. The molecule has 2 fully saturated rings. The Bertz CT molecular complexity index is 543. The fraction of sp³-hybridized carbons (Fsp3) is 0.650. The van der Waals surface area contributed by atoms with E-state index in [-0.39, 0.29) is 24.0 Å². The minimum Gasteiger partial charge on any atom is -0.369 e. The molecule has 1 aromatic rings. The lowest BCUT2D eigenvalue weighted by atomic mass is 10.2. The van der Waals surface area contributed by atoms with Gasteiger partial charge in [0.05, 0.1) is 0 Å². The molecule has 0 spiro atoms. The summed E-state index contributed by atoms with van der Waals surface area (Å²) in [5.41, 5.74) is 1.35. The molecule has 0 aliphatic carbocycles. The molecule has 0 amide bonds. The van der Waals surface area contributed by atoms with Gasteiger partial charge in [-0.2, -0.15) is 11.8 Å². The molecule has 1 unspecified atom stereocenters. The van der Waals surface area contributed by atoms with Gasteiger partial charge in [0, 0.05) is 57.3 Å². The van der Waals surface area contributed by atoms with Crippen LogP contribution in [0.2, 0.25) is 0 Å². The molecule has 1 aromatic carbocycles. The van der Waals surface area contributed by atoms with Crippen LogP contribution in [-0.4, -0.2) is 74.7 Å². The van der Waals surface area contributed by atoms with Crippen molar-refractivity contribution in [2.24, 2.45) is 4.99 Å². The van der Waals surface area contributed by atoms with E-state index in [0.717, 1.165) is 63.4 Å². The summed E-state index contributed by atoms with van der Waals surface area (Å²) in [7, 11) is 1.86. The molecule has 152 valence electrons. The van der Waals surface area contributed by atoms with Crippen LogP contribution >= 0.6 is 35.7 Å². The van der Waals surface area contributed by atoms with Crippen LogP contribution in [0.1, 0.15) is 19.3 Å². The van der Waals surface area contributed by atoms with E-state index >= 15 is 0 Å². The highest BCUT2D eigenvalue weighted by Gasteiger charge is 2.17. The van der Waals surface area contributed by atoms with Gasteiger partial charge < -0.3 is 15.5 Å². The molecular weight excluding hydrogens is 469 g/mol. The van der Waals surface area contributed by atoms with Gasteiger partial charge >= 0.3 is 0 Å². The van der Waals surface area contributed by atoms with Crippen LogP contribution in [0.4, 0.5) is 5.69 Å². The topological polar surface area (TPSA) is 42.9 Å². The van der Waals surface area contributed by atoms with Gasteiger partial charge in [-0.3, -0.25) is 9.89 Å². The maximum atomic E-state index is 4.34. The largest absolute Gasteiger partial charge is 0.369 e. The van der Waals surface area contributed by atoms with Crippen molar-refractivity contribution in [3.8, 4) is 0 Å². The van der Waals surface area contributed by atoms with Crippen LogP contribution in [0, 0.1) is 0 Å². The van der Waals surface area contributed by atoms with E-state index in [1.807, 2.05) is 7.05 Å². The summed E-state index contributed by atoms with van der Waals surface area (Å²) in [6.45, 7) is 7.73. The summed E-state index contributed by atoms with van der Waals surface area (Å²) in [5.74, 6) is 2.27. The van der Waals surface area contributed by atoms with Gasteiger partial charge in [-0.25, -0.2) is 0 Å². The molecule has 0 radical (unpaired) electrons. The molecule has 0 saturated carbocycles. The van der Waals surface area contributed by atoms with Crippen LogP contribution in [0.3, 0.4) is 0 Å². The third-order valence-electron chi connectivity index (χ3n) is 5.18.